The summed E-state index contributed by atoms with van der Waals surface area (Å²) < 4.78 is 5.16. The van der Waals surface area contributed by atoms with Crippen molar-refractivity contribution in [2.45, 2.75) is 13.8 Å². The van der Waals surface area contributed by atoms with Crippen LogP contribution in [0.15, 0.2) is 60.7 Å². The molecule has 1 amide bonds. The van der Waals surface area contributed by atoms with Gasteiger partial charge in [0.1, 0.15) is 5.75 Å². The molecule has 3 aromatic rings. The highest BCUT2D eigenvalue weighted by Gasteiger charge is 2.13. The lowest BCUT2D eigenvalue weighted by atomic mass is 10.2. The van der Waals surface area contributed by atoms with Gasteiger partial charge in [0.15, 0.2) is 11.5 Å². The van der Waals surface area contributed by atoms with Crippen LogP contribution >= 0.6 is 0 Å². The maximum Gasteiger partial charge on any atom is 0.276 e. The van der Waals surface area contributed by atoms with Crippen molar-refractivity contribution in [1.82, 2.24) is 10.2 Å². The molecule has 0 spiro atoms. The number of nitrogens with one attached hydrogen (secondary N) is 1. The van der Waals surface area contributed by atoms with Gasteiger partial charge in [-0.25, -0.2) is 0 Å². The Kier molecular flexibility index (Phi) is 5.66. The van der Waals surface area contributed by atoms with Crippen LogP contribution in [0.3, 0.4) is 0 Å². The summed E-state index contributed by atoms with van der Waals surface area (Å²) in [4.78, 5) is 14.5. The fraction of sp³-hybridized carbons (Fsp3) is 0.190. The van der Waals surface area contributed by atoms with Crippen molar-refractivity contribution in [3.63, 3.8) is 0 Å². The van der Waals surface area contributed by atoms with Gasteiger partial charge in [0.2, 0.25) is 0 Å². The lowest BCUT2D eigenvalue weighted by molar-refractivity contribution is 0.102. The van der Waals surface area contributed by atoms with E-state index < -0.39 is 0 Å². The van der Waals surface area contributed by atoms with Crippen LogP contribution in [0.5, 0.6) is 5.75 Å². The summed E-state index contributed by atoms with van der Waals surface area (Å²) in [5, 5.41) is 11.1. The number of hydrogen-bond donors (Lipinski definition) is 1. The van der Waals surface area contributed by atoms with Gasteiger partial charge < -0.3 is 15.0 Å². The number of methoxy groups -OCH3 is 1. The second-order valence-electron chi connectivity index (χ2n) is 6.05. The maximum atomic E-state index is 12.4. The van der Waals surface area contributed by atoms with E-state index in [0.29, 0.717) is 17.3 Å². The van der Waals surface area contributed by atoms with E-state index in [-0.39, 0.29) is 11.6 Å². The highest BCUT2D eigenvalue weighted by Crippen LogP contribution is 2.24. The Morgan fingerprint density at radius 1 is 1.07 bits per heavy atom. The average Bonchev–Trinajstić information content (AvgIpc) is 2.69. The number of carbonyl (C=O) groups excluding carboxylic acids is 1. The smallest absolute Gasteiger partial charge is 0.276 e. The van der Waals surface area contributed by atoms with Gasteiger partial charge in [-0.15, -0.1) is 10.2 Å². The third kappa shape index (κ3) is 4.41. The first-order valence-corrected chi connectivity index (χ1v) is 8.74. The number of nitrogens with zero attached hydrogens (tertiary/aromatic N) is 3. The first kappa shape index (κ1) is 18.4. The first-order valence-electron chi connectivity index (χ1n) is 8.74. The number of hydrogen-bond acceptors (Lipinski definition) is 5. The molecule has 138 valence electrons. The number of aromatic nitrogens is 2. The molecule has 0 atom stereocenters. The topological polar surface area (TPSA) is 67.4 Å². The fourth-order valence-electron chi connectivity index (χ4n) is 2.76. The SMILES string of the molecule is CCN(c1cccc(C)c1)c1ccc(C(=O)Nc2cccc(OC)c2)nn1. The van der Waals surface area contributed by atoms with Gasteiger partial charge in [0.05, 0.1) is 7.11 Å². The molecule has 3 rings (SSSR count). The minimum absolute atomic E-state index is 0.252. The van der Waals surface area contributed by atoms with Crippen LogP contribution in [0.25, 0.3) is 0 Å². The summed E-state index contributed by atoms with van der Waals surface area (Å²) in [6, 6.07) is 18.8. The molecule has 0 saturated heterocycles. The fourth-order valence-corrected chi connectivity index (χ4v) is 2.76. The van der Waals surface area contributed by atoms with E-state index in [2.05, 4.69) is 34.6 Å². The molecule has 6 nitrogen and oxygen atoms in total. The molecule has 1 heterocycles. The summed E-state index contributed by atoms with van der Waals surface area (Å²) in [5.74, 6) is 1.05. The largest absolute Gasteiger partial charge is 0.497 e. The number of rotatable bonds is 6. The number of ether oxygens (including phenoxy) is 1. The van der Waals surface area contributed by atoms with E-state index in [9.17, 15) is 4.79 Å². The van der Waals surface area contributed by atoms with Crippen LogP contribution in [-0.4, -0.2) is 29.8 Å². The Bertz CT molecular complexity index is 925. The highest BCUT2D eigenvalue weighted by molar-refractivity contribution is 6.02. The molecule has 0 aliphatic rings. The summed E-state index contributed by atoms with van der Waals surface area (Å²) in [6.07, 6.45) is 0. The number of aryl methyl sites for hydroxylation is 1. The van der Waals surface area contributed by atoms with Gasteiger partial charge in [-0.2, -0.15) is 0 Å². The lowest BCUT2D eigenvalue weighted by Crippen LogP contribution is -2.20. The van der Waals surface area contributed by atoms with E-state index in [1.54, 1.807) is 31.4 Å². The monoisotopic (exact) mass is 362 g/mol. The zero-order chi connectivity index (χ0) is 19.2. The molecular formula is C21H22N4O2. The number of carbonyl (C=O) groups is 1. The Morgan fingerprint density at radius 2 is 1.89 bits per heavy atom. The summed E-state index contributed by atoms with van der Waals surface area (Å²) in [5.41, 5.74) is 3.11. The van der Waals surface area contributed by atoms with Crippen LogP contribution in [0.2, 0.25) is 0 Å². The lowest BCUT2D eigenvalue weighted by Gasteiger charge is -2.22. The van der Waals surface area contributed by atoms with Crippen molar-refractivity contribution in [2.75, 3.05) is 23.9 Å². The van der Waals surface area contributed by atoms with Crippen molar-refractivity contribution in [3.05, 3.63) is 71.9 Å². The Morgan fingerprint density at radius 3 is 2.56 bits per heavy atom. The highest BCUT2D eigenvalue weighted by atomic mass is 16.5. The van der Waals surface area contributed by atoms with Gasteiger partial charge in [-0.05, 0) is 55.8 Å². The second kappa shape index (κ2) is 8.31. The van der Waals surface area contributed by atoms with Crippen LogP contribution in [0.1, 0.15) is 23.0 Å². The van der Waals surface area contributed by atoms with Crippen molar-refractivity contribution in [2.24, 2.45) is 0 Å². The first-order chi connectivity index (χ1) is 13.1. The molecule has 6 heteroatoms. The summed E-state index contributed by atoms with van der Waals surface area (Å²) >= 11 is 0. The van der Waals surface area contributed by atoms with Crippen molar-refractivity contribution < 1.29 is 9.53 Å². The standard InChI is InChI=1S/C21H22N4O2/c1-4-25(17-9-5-7-15(2)13-17)20-12-11-19(23-24-20)21(26)22-16-8-6-10-18(14-16)27-3/h5-14H,4H2,1-3H3,(H,22,26). The van der Waals surface area contributed by atoms with Crippen LogP contribution in [-0.2, 0) is 0 Å². The zero-order valence-electron chi connectivity index (χ0n) is 15.6. The van der Waals surface area contributed by atoms with Gasteiger partial charge in [-0.1, -0.05) is 18.2 Å². The normalized spacial score (nSPS) is 10.3. The third-order valence-electron chi connectivity index (χ3n) is 4.12. The molecule has 0 aliphatic heterocycles. The van der Waals surface area contributed by atoms with Crippen molar-refractivity contribution in [1.29, 1.82) is 0 Å². The average molecular weight is 362 g/mol. The molecule has 2 aromatic carbocycles. The second-order valence-corrected chi connectivity index (χ2v) is 6.05. The van der Waals surface area contributed by atoms with Crippen LogP contribution in [0.4, 0.5) is 17.2 Å². The molecule has 27 heavy (non-hydrogen) atoms. The Hall–Kier alpha value is -3.41. The predicted octanol–water partition coefficient (Wildman–Crippen LogP) is 4.20. The minimum Gasteiger partial charge on any atom is -0.497 e. The van der Waals surface area contributed by atoms with E-state index >= 15 is 0 Å². The number of benzene rings is 2. The molecule has 0 saturated carbocycles. The molecule has 0 radical (unpaired) electrons. The van der Waals surface area contributed by atoms with Gasteiger partial charge in [0.25, 0.3) is 5.91 Å². The van der Waals surface area contributed by atoms with E-state index in [0.717, 1.165) is 12.2 Å². The van der Waals surface area contributed by atoms with Crippen LogP contribution < -0.4 is 15.0 Å². The molecule has 0 aliphatic carbocycles. The van der Waals surface area contributed by atoms with E-state index in [1.807, 2.05) is 36.1 Å². The van der Waals surface area contributed by atoms with E-state index in [1.165, 1.54) is 5.56 Å². The molecular weight excluding hydrogens is 340 g/mol. The molecule has 1 aromatic heterocycles. The zero-order valence-corrected chi connectivity index (χ0v) is 15.6. The van der Waals surface area contributed by atoms with Gasteiger partial charge >= 0.3 is 0 Å². The predicted molar refractivity (Wildman–Crippen MR) is 107 cm³/mol. The van der Waals surface area contributed by atoms with Crippen molar-refractivity contribution >= 4 is 23.1 Å². The minimum atomic E-state index is -0.319. The quantitative estimate of drug-likeness (QED) is 0.712. The number of amides is 1. The number of anilines is 3. The third-order valence-corrected chi connectivity index (χ3v) is 4.12. The Labute approximate surface area is 158 Å². The van der Waals surface area contributed by atoms with E-state index in [4.69, 9.17) is 4.74 Å². The summed E-state index contributed by atoms with van der Waals surface area (Å²) in [6.45, 7) is 4.84. The molecule has 1 N–H and O–H groups in total. The Balaban J connectivity index is 1.76. The van der Waals surface area contributed by atoms with Gasteiger partial charge in [-0.3, -0.25) is 4.79 Å². The maximum absolute atomic E-state index is 12.4. The molecule has 0 unspecified atom stereocenters. The van der Waals surface area contributed by atoms with Crippen LogP contribution in [0, 0.1) is 6.92 Å². The van der Waals surface area contributed by atoms with Gasteiger partial charge in [0, 0.05) is 24.0 Å². The molecule has 0 bridgehead atoms. The summed E-state index contributed by atoms with van der Waals surface area (Å²) in [7, 11) is 1.58. The van der Waals surface area contributed by atoms with Crippen molar-refractivity contribution in [3.8, 4) is 5.75 Å². The molecule has 0 fully saturated rings.